The summed E-state index contributed by atoms with van der Waals surface area (Å²) >= 11 is 5.89. The Morgan fingerprint density at radius 3 is 2.95 bits per heavy atom. The van der Waals surface area contributed by atoms with Gasteiger partial charge in [-0.3, -0.25) is 0 Å². The molecule has 0 spiro atoms. The minimum Gasteiger partial charge on any atom is -0.487 e. The quantitative estimate of drug-likeness (QED) is 0.859. The van der Waals surface area contributed by atoms with Gasteiger partial charge in [-0.25, -0.2) is 4.98 Å². The molecule has 0 aliphatic carbocycles. The van der Waals surface area contributed by atoms with Crippen molar-refractivity contribution in [2.75, 3.05) is 7.11 Å². The highest BCUT2D eigenvalue weighted by molar-refractivity contribution is 6.30. The molecule has 1 aromatic heterocycles. The number of pyridine rings is 1. The summed E-state index contributed by atoms with van der Waals surface area (Å²) in [6.45, 7) is 0.256. The first-order chi connectivity index (χ1) is 9.24. The van der Waals surface area contributed by atoms with Gasteiger partial charge in [-0.05, 0) is 24.3 Å². The Kier molecular flexibility index (Phi) is 4.22. The van der Waals surface area contributed by atoms with Crippen molar-refractivity contribution in [2.45, 2.75) is 6.61 Å². The molecule has 0 atom stereocenters. The largest absolute Gasteiger partial charge is 0.487 e. The average Bonchev–Trinajstić information content (AvgIpc) is 2.45. The summed E-state index contributed by atoms with van der Waals surface area (Å²) < 4.78 is 10.7. The molecule has 0 aliphatic rings. The van der Waals surface area contributed by atoms with Crippen LogP contribution in [-0.2, 0) is 6.61 Å². The fraction of sp³-hybridized carbons (Fsp3) is 0.143. The molecule has 2 rings (SSSR count). The highest BCUT2D eigenvalue weighted by Crippen LogP contribution is 2.24. The first-order valence-corrected chi connectivity index (χ1v) is 5.92. The van der Waals surface area contributed by atoms with Gasteiger partial charge in [0.05, 0.1) is 18.2 Å². The Labute approximate surface area is 116 Å². The van der Waals surface area contributed by atoms with Gasteiger partial charge >= 0.3 is 0 Å². The molecule has 0 unspecified atom stereocenters. The van der Waals surface area contributed by atoms with Crippen LogP contribution < -0.4 is 9.47 Å². The molecule has 19 heavy (non-hydrogen) atoms. The van der Waals surface area contributed by atoms with Crippen LogP contribution in [0.2, 0.25) is 5.02 Å². The lowest BCUT2D eigenvalue weighted by molar-refractivity contribution is 0.293. The molecule has 4 nitrogen and oxygen atoms in total. The Morgan fingerprint density at radius 2 is 2.21 bits per heavy atom. The third kappa shape index (κ3) is 3.15. The first kappa shape index (κ1) is 13.2. The van der Waals surface area contributed by atoms with Crippen LogP contribution in [0.1, 0.15) is 11.1 Å². The summed E-state index contributed by atoms with van der Waals surface area (Å²) in [7, 11) is 1.55. The Hall–Kier alpha value is -2.25. The van der Waals surface area contributed by atoms with E-state index in [4.69, 9.17) is 26.3 Å². The second-order valence-corrected chi connectivity index (χ2v) is 4.15. The maximum Gasteiger partial charge on any atom is 0.219 e. The molecule has 2 aromatic rings. The first-order valence-electron chi connectivity index (χ1n) is 5.55. The topological polar surface area (TPSA) is 55.1 Å². The lowest BCUT2D eigenvalue weighted by atomic mass is 10.2. The molecule has 0 fully saturated rings. The van der Waals surface area contributed by atoms with Gasteiger partial charge in [-0.2, -0.15) is 5.26 Å². The van der Waals surface area contributed by atoms with Crippen molar-refractivity contribution < 1.29 is 9.47 Å². The summed E-state index contributed by atoms with van der Waals surface area (Å²) in [6, 6.07) is 10.6. The van der Waals surface area contributed by atoms with Crippen LogP contribution in [0.3, 0.4) is 0 Å². The maximum absolute atomic E-state index is 9.00. The SMILES string of the molecule is COc1ncccc1COc1cc(Cl)ccc1C#N. The molecular formula is C14H11ClN2O2. The van der Waals surface area contributed by atoms with Crippen molar-refractivity contribution in [3.8, 4) is 17.7 Å². The normalized spacial score (nSPS) is 9.74. The second kappa shape index (κ2) is 6.07. The molecule has 0 amide bonds. The van der Waals surface area contributed by atoms with E-state index in [1.165, 1.54) is 0 Å². The van der Waals surface area contributed by atoms with Crippen LogP contribution in [0.4, 0.5) is 0 Å². The number of rotatable bonds is 4. The summed E-state index contributed by atoms with van der Waals surface area (Å²) in [6.07, 6.45) is 1.64. The van der Waals surface area contributed by atoms with E-state index in [2.05, 4.69) is 11.1 Å². The summed E-state index contributed by atoms with van der Waals surface area (Å²) in [5.74, 6) is 0.948. The lowest BCUT2D eigenvalue weighted by Crippen LogP contribution is -2.01. The number of ether oxygens (including phenoxy) is 2. The van der Waals surface area contributed by atoms with Crippen molar-refractivity contribution >= 4 is 11.6 Å². The average molecular weight is 275 g/mol. The standard InChI is InChI=1S/C14H11ClN2O2/c1-18-14-11(3-2-6-17-14)9-19-13-7-12(15)5-4-10(13)8-16/h2-7H,9H2,1H3. The predicted molar refractivity (Wildman–Crippen MR) is 71.3 cm³/mol. The van der Waals surface area contributed by atoms with E-state index >= 15 is 0 Å². The molecule has 0 N–H and O–H groups in total. The highest BCUT2D eigenvalue weighted by atomic mass is 35.5. The number of hydrogen-bond donors (Lipinski definition) is 0. The number of aromatic nitrogens is 1. The Bertz CT molecular complexity index is 623. The van der Waals surface area contributed by atoms with Gasteiger partial charge in [0.1, 0.15) is 18.4 Å². The van der Waals surface area contributed by atoms with Crippen molar-refractivity contribution in [2.24, 2.45) is 0 Å². The van der Waals surface area contributed by atoms with Crippen molar-refractivity contribution in [3.63, 3.8) is 0 Å². The zero-order valence-corrected chi connectivity index (χ0v) is 11.0. The summed E-state index contributed by atoms with van der Waals surface area (Å²) in [5, 5.41) is 9.52. The maximum atomic E-state index is 9.00. The van der Waals surface area contributed by atoms with E-state index in [9.17, 15) is 0 Å². The molecule has 0 aliphatic heterocycles. The van der Waals surface area contributed by atoms with E-state index in [0.717, 1.165) is 5.56 Å². The Balaban J connectivity index is 2.19. The highest BCUT2D eigenvalue weighted by Gasteiger charge is 2.07. The zero-order chi connectivity index (χ0) is 13.7. The summed E-state index contributed by atoms with van der Waals surface area (Å²) in [5.41, 5.74) is 1.24. The molecule has 0 bridgehead atoms. The Morgan fingerprint density at radius 1 is 1.37 bits per heavy atom. The van der Waals surface area contributed by atoms with Gasteiger partial charge in [0.2, 0.25) is 5.88 Å². The van der Waals surface area contributed by atoms with Gasteiger partial charge < -0.3 is 9.47 Å². The van der Waals surface area contributed by atoms with E-state index in [-0.39, 0.29) is 6.61 Å². The minimum absolute atomic E-state index is 0.256. The minimum atomic E-state index is 0.256. The van der Waals surface area contributed by atoms with E-state index in [1.54, 1.807) is 37.6 Å². The van der Waals surface area contributed by atoms with Crippen LogP contribution in [0.15, 0.2) is 36.5 Å². The predicted octanol–water partition coefficient (Wildman–Crippen LogP) is 3.19. The molecule has 5 heteroatoms. The van der Waals surface area contributed by atoms with Gasteiger partial charge in [0.15, 0.2) is 0 Å². The van der Waals surface area contributed by atoms with Gasteiger partial charge in [-0.15, -0.1) is 0 Å². The van der Waals surface area contributed by atoms with Gasteiger partial charge in [0, 0.05) is 17.3 Å². The second-order valence-electron chi connectivity index (χ2n) is 3.71. The van der Waals surface area contributed by atoms with E-state index in [0.29, 0.717) is 22.2 Å². The van der Waals surface area contributed by atoms with Crippen LogP contribution in [0.5, 0.6) is 11.6 Å². The lowest BCUT2D eigenvalue weighted by Gasteiger charge is -2.10. The van der Waals surface area contributed by atoms with Gasteiger partial charge in [0.25, 0.3) is 0 Å². The smallest absolute Gasteiger partial charge is 0.219 e. The van der Waals surface area contributed by atoms with Crippen molar-refractivity contribution in [1.82, 2.24) is 4.98 Å². The van der Waals surface area contributed by atoms with Crippen LogP contribution >= 0.6 is 11.6 Å². The van der Waals surface area contributed by atoms with Crippen LogP contribution in [0, 0.1) is 11.3 Å². The zero-order valence-electron chi connectivity index (χ0n) is 10.3. The number of benzene rings is 1. The van der Waals surface area contributed by atoms with Gasteiger partial charge in [-0.1, -0.05) is 11.6 Å². The van der Waals surface area contributed by atoms with E-state index in [1.807, 2.05) is 6.07 Å². The van der Waals surface area contributed by atoms with Crippen molar-refractivity contribution in [3.05, 3.63) is 52.7 Å². The van der Waals surface area contributed by atoms with Crippen molar-refractivity contribution in [1.29, 1.82) is 5.26 Å². The molecule has 96 valence electrons. The molecule has 1 aromatic carbocycles. The summed E-state index contributed by atoms with van der Waals surface area (Å²) in [4.78, 5) is 4.08. The molecule has 0 saturated carbocycles. The third-order valence-corrected chi connectivity index (χ3v) is 2.73. The molecular weight excluding hydrogens is 264 g/mol. The number of halogens is 1. The fourth-order valence-electron chi connectivity index (χ4n) is 1.58. The molecule has 0 radical (unpaired) electrons. The molecule has 0 saturated heterocycles. The number of hydrogen-bond acceptors (Lipinski definition) is 4. The van der Waals surface area contributed by atoms with E-state index < -0.39 is 0 Å². The molecule has 1 heterocycles. The van der Waals surface area contributed by atoms with Crippen LogP contribution in [0.25, 0.3) is 0 Å². The monoisotopic (exact) mass is 274 g/mol. The fourth-order valence-corrected chi connectivity index (χ4v) is 1.74. The number of nitrogens with zero attached hydrogens (tertiary/aromatic N) is 2. The van der Waals surface area contributed by atoms with Crippen LogP contribution in [-0.4, -0.2) is 12.1 Å². The number of nitriles is 1. The third-order valence-electron chi connectivity index (χ3n) is 2.49. The number of methoxy groups -OCH3 is 1.